The van der Waals surface area contributed by atoms with Crippen LogP contribution < -0.4 is 16.0 Å². The van der Waals surface area contributed by atoms with Crippen LogP contribution in [0, 0.1) is 0 Å². The maximum absolute atomic E-state index is 12.1. The number of carbonyl (C=O) groups excluding carboxylic acids is 1. The number of amides is 1. The van der Waals surface area contributed by atoms with E-state index in [4.69, 9.17) is 0 Å². The Morgan fingerprint density at radius 2 is 1.96 bits per heavy atom. The summed E-state index contributed by atoms with van der Waals surface area (Å²) in [5.41, 5.74) is 1.52. The fourth-order valence-electron chi connectivity index (χ4n) is 1.69. The second-order valence-corrected chi connectivity index (χ2v) is 4.60. The van der Waals surface area contributed by atoms with Gasteiger partial charge >= 0.3 is 6.18 Å². The Morgan fingerprint density at radius 1 is 1.26 bits per heavy atom. The van der Waals surface area contributed by atoms with Crippen LogP contribution >= 0.6 is 24.0 Å². The third kappa shape index (κ3) is 9.97. The third-order valence-electron chi connectivity index (χ3n) is 2.63. The molecule has 130 valence electrons. The SMILES string of the molecule is CN=C(NCCC(F)(F)F)NCc1cccc(NC(C)=O)c1.I. The number of guanidine groups is 1. The predicted octanol–water partition coefficient (Wildman–Crippen LogP) is 2.88. The van der Waals surface area contributed by atoms with Crippen LogP contribution in [0.15, 0.2) is 29.3 Å². The van der Waals surface area contributed by atoms with Crippen molar-refractivity contribution in [3.63, 3.8) is 0 Å². The Morgan fingerprint density at radius 3 is 2.52 bits per heavy atom. The lowest BCUT2D eigenvalue weighted by molar-refractivity contribution is -0.132. The summed E-state index contributed by atoms with van der Waals surface area (Å²) in [7, 11) is 1.48. The molecule has 0 fully saturated rings. The van der Waals surface area contributed by atoms with Crippen LogP contribution in [0.4, 0.5) is 18.9 Å². The number of rotatable bonds is 5. The van der Waals surface area contributed by atoms with Crippen molar-refractivity contribution in [1.82, 2.24) is 10.6 Å². The molecule has 0 bridgehead atoms. The van der Waals surface area contributed by atoms with Gasteiger partial charge < -0.3 is 16.0 Å². The molecule has 0 atom stereocenters. The largest absolute Gasteiger partial charge is 0.390 e. The molecule has 0 saturated heterocycles. The van der Waals surface area contributed by atoms with Crippen molar-refractivity contribution in [1.29, 1.82) is 0 Å². The molecule has 0 spiro atoms. The quantitative estimate of drug-likeness (QED) is 0.372. The highest BCUT2D eigenvalue weighted by Crippen LogP contribution is 2.18. The number of anilines is 1. The van der Waals surface area contributed by atoms with Crippen molar-refractivity contribution < 1.29 is 18.0 Å². The zero-order valence-corrected chi connectivity index (χ0v) is 15.2. The molecule has 0 radical (unpaired) electrons. The first-order valence-electron chi connectivity index (χ1n) is 6.68. The van der Waals surface area contributed by atoms with Gasteiger partial charge in [0, 0.05) is 32.7 Å². The molecule has 1 aromatic carbocycles. The average molecular weight is 444 g/mol. The van der Waals surface area contributed by atoms with Crippen LogP contribution in [-0.4, -0.2) is 31.6 Å². The molecule has 23 heavy (non-hydrogen) atoms. The highest BCUT2D eigenvalue weighted by Gasteiger charge is 2.26. The van der Waals surface area contributed by atoms with E-state index in [0.717, 1.165) is 5.56 Å². The molecule has 0 aromatic heterocycles. The molecule has 0 aliphatic rings. The Labute approximate surface area is 150 Å². The summed E-state index contributed by atoms with van der Waals surface area (Å²) in [4.78, 5) is 14.8. The van der Waals surface area contributed by atoms with Crippen LogP contribution in [0.3, 0.4) is 0 Å². The van der Waals surface area contributed by atoms with E-state index in [1.54, 1.807) is 18.2 Å². The number of nitrogens with zero attached hydrogens (tertiary/aromatic N) is 1. The number of nitrogens with one attached hydrogen (secondary N) is 3. The topological polar surface area (TPSA) is 65.5 Å². The molecule has 0 aliphatic heterocycles. The summed E-state index contributed by atoms with van der Waals surface area (Å²) < 4.78 is 36.2. The molecular weight excluding hydrogens is 424 g/mol. The monoisotopic (exact) mass is 444 g/mol. The summed E-state index contributed by atoms with van der Waals surface area (Å²) in [5, 5.41) is 8.16. The van der Waals surface area contributed by atoms with Gasteiger partial charge in [-0.3, -0.25) is 9.79 Å². The smallest absolute Gasteiger partial charge is 0.356 e. The maximum atomic E-state index is 12.1. The fourth-order valence-corrected chi connectivity index (χ4v) is 1.69. The predicted molar refractivity (Wildman–Crippen MR) is 95.0 cm³/mol. The van der Waals surface area contributed by atoms with E-state index in [1.165, 1.54) is 14.0 Å². The van der Waals surface area contributed by atoms with Gasteiger partial charge in [0.15, 0.2) is 5.96 Å². The van der Waals surface area contributed by atoms with Gasteiger partial charge in [-0.1, -0.05) is 12.1 Å². The minimum atomic E-state index is -4.20. The number of benzene rings is 1. The number of aliphatic imine (C=N–C) groups is 1. The van der Waals surface area contributed by atoms with E-state index >= 15 is 0 Å². The maximum Gasteiger partial charge on any atom is 0.390 e. The summed E-state index contributed by atoms with van der Waals surface area (Å²) in [6.07, 6.45) is -5.12. The summed E-state index contributed by atoms with van der Waals surface area (Å²) >= 11 is 0. The Balaban J connectivity index is 0.00000484. The van der Waals surface area contributed by atoms with Gasteiger partial charge in [0.2, 0.25) is 5.91 Å². The van der Waals surface area contributed by atoms with Crippen LogP contribution in [-0.2, 0) is 11.3 Å². The number of halogens is 4. The number of carbonyl (C=O) groups is 1. The van der Waals surface area contributed by atoms with Gasteiger partial charge in [0.25, 0.3) is 0 Å². The second kappa shape index (κ2) is 10.3. The molecule has 0 saturated carbocycles. The zero-order valence-electron chi connectivity index (χ0n) is 12.8. The molecule has 5 nitrogen and oxygen atoms in total. The van der Waals surface area contributed by atoms with E-state index in [2.05, 4.69) is 20.9 Å². The first-order valence-corrected chi connectivity index (χ1v) is 6.68. The van der Waals surface area contributed by atoms with Crippen molar-refractivity contribution in [2.75, 3.05) is 18.9 Å². The van der Waals surface area contributed by atoms with Crippen LogP contribution in [0.1, 0.15) is 18.9 Å². The van der Waals surface area contributed by atoms with Crippen LogP contribution in [0.5, 0.6) is 0 Å². The molecule has 1 amide bonds. The molecule has 3 N–H and O–H groups in total. The van der Waals surface area contributed by atoms with Crippen LogP contribution in [0.2, 0.25) is 0 Å². The Hall–Kier alpha value is -1.52. The van der Waals surface area contributed by atoms with Gasteiger partial charge in [-0.05, 0) is 17.7 Å². The summed E-state index contributed by atoms with van der Waals surface area (Å²) in [6.45, 7) is 1.55. The van der Waals surface area contributed by atoms with E-state index in [1.807, 2.05) is 6.07 Å². The van der Waals surface area contributed by atoms with E-state index in [-0.39, 0.29) is 42.4 Å². The standard InChI is InChI=1S/C14H19F3N4O.HI/c1-10(22)21-12-5-3-4-11(8-12)9-20-13(18-2)19-7-6-14(15,16)17;/h3-5,8H,6-7,9H2,1-2H3,(H,21,22)(H2,18,19,20);1H. The first kappa shape index (κ1) is 21.5. The fraction of sp³-hybridized carbons (Fsp3) is 0.429. The lowest BCUT2D eigenvalue weighted by atomic mass is 10.2. The molecule has 0 heterocycles. The molecule has 1 aromatic rings. The number of hydrogen-bond acceptors (Lipinski definition) is 2. The van der Waals surface area contributed by atoms with Crippen molar-refractivity contribution in [3.8, 4) is 0 Å². The Kier molecular flexibility index (Phi) is 9.61. The van der Waals surface area contributed by atoms with Gasteiger partial charge in [-0.2, -0.15) is 13.2 Å². The van der Waals surface area contributed by atoms with Crippen molar-refractivity contribution in [2.24, 2.45) is 4.99 Å². The highest BCUT2D eigenvalue weighted by atomic mass is 127. The highest BCUT2D eigenvalue weighted by molar-refractivity contribution is 14.0. The third-order valence-corrected chi connectivity index (χ3v) is 2.63. The van der Waals surface area contributed by atoms with Gasteiger partial charge in [0.05, 0.1) is 6.42 Å². The number of alkyl halides is 3. The average Bonchev–Trinajstić information content (AvgIpc) is 2.41. The molecule has 0 aliphatic carbocycles. The Bertz CT molecular complexity index is 535. The molecule has 0 unspecified atom stereocenters. The summed E-state index contributed by atoms with van der Waals surface area (Å²) in [6, 6.07) is 7.14. The normalized spacial score (nSPS) is 11.4. The minimum Gasteiger partial charge on any atom is -0.356 e. The first-order chi connectivity index (χ1) is 10.3. The minimum absolute atomic E-state index is 0. The summed E-state index contributed by atoms with van der Waals surface area (Å²) in [5.74, 6) is 0.115. The van der Waals surface area contributed by atoms with Gasteiger partial charge in [0.1, 0.15) is 0 Å². The van der Waals surface area contributed by atoms with E-state index in [9.17, 15) is 18.0 Å². The zero-order chi connectivity index (χ0) is 16.6. The van der Waals surface area contributed by atoms with Gasteiger partial charge in [-0.25, -0.2) is 0 Å². The van der Waals surface area contributed by atoms with Crippen molar-refractivity contribution in [3.05, 3.63) is 29.8 Å². The lowest BCUT2D eigenvalue weighted by Crippen LogP contribution is -2.38. The number of hydrogen-bond donors (Lipinski definition) is 3. The molecular formula is C14H20F3IN4O. The van der Waals surface area contributed by atoms with E-state index < -0.39 is 12.6 Å². The van der Waals surface area contributed by atoms with Crippen molar-refractivity contribution in [2.45, 2.75) is 26.1 Å². The van der Waals surface area contributed by atoms with Crippen molar-refractivity contribution >= 4 is 41.5 Å². The second-order valence-electron chi connectivity index (χ2n) is 4.60. The molecule has 9 heteroatoms. The van der Waals surface area contributed by atoms with Gasteiger partial charge in [-0.15, -0.1) is 24.0 Å². The lowest BCUT2D eigenvalue weighted by Gasteiger charge is -2.13. The van der Waals surface area contributed by atoms with E-state index in [0.29, 0.717) is 12.2 Å². The molecule has 1 rings (SSSR count). The van der Waals surface area contributed by atoms with Crippen LogP contribution in [0.25, 0.3) is 0 Å².